The number of benzene rings is 2. The average molecular weight is 399 g/mol. The van der Waals surface area contributed by atoms with E-state index in [1.807, 2.05) is 0 Å². The fourth-order valence-electron chi connectivity index (χ4n) is 2.67. The summed E-state index contributed by atoms with van der Waals surface area (Å²) < 4.78 is 0. The number of non-ortho nitro benzene ring substituents is 2. The third kappa shape index (κ3) is 3.45. The minimum atomic E-state index is -1.94. The lowest BCUT2D eigenvalue weighted by molar-refractivity contribution is -0.385. The van der Waals surface area contributed by atoms with Gasteiger partial charge in [-0.3, -0.25) is 29.8 Å². The summed E-state index contributed by atoms with van der Waals surface area (Å²) in [4.78, 5) is 58.6. The maximum atomic E-state index is 12.8. The SMILES string of the molecule is CC1(C(=O)Nc2ccc([N+](=O)[O-])cc2)NC(=O)N(c2ccc([N+](=O)[O-])cc2)C1=O. The number of anilines is 2. The van der Waals surface area contributed by atoms with E-state index < -0.39 is 33.2 Å². The van der Waals surface area contributed by atoms with Crippen molar-refractivity contribution in [2.24, 2.45) is 0 Å². The first kappa shape index (κ1) is 19.4. The van der Waals surface area contributed by atoms with E-state index in [4.69, 9.17) is 0 Å². The molecule has 148 valence electrons. The van der Waals surface area contributed by atoms with E-state index >= 15 is 0 Å². The second-order valence-corrected chi connectivity index (χ2v) is 6.23. The van der Waals surface area contributed by atoms with Gasteiger partial charge < -0.3 is 10.6 Å². The van der Waals surface area contributed by atoms with Gasteiger partial charge in [-0.15, -0.1) is 0 Å². The van der Waals surface area contributed by atoms with Gasteiger partial charge in [-0.05, 0) is 31.2 Å². The Morgan fingerprint density at radius 3 is 1.93 bits per heavy atom. The third-order valence-corrected chi connectivity index (χ3v) is 4.30. The molecule has 1 aliphatic heterocycles. The molecule has 0 saturated carbocycles. The Bertz CT molecular complexity index is 1040. The first-order valence-corrected chi connectivity index (χ1v) is 8.10. The Labute approximate surface area is 162 Å². The molecule has 1 fully saturated rings. The number of nitro groups is 2. The van der Waals surface area contributed by atoms with Crippen LogP contribution in [0.3, 0.4) is 0 Å². The lowest BCUT2D eigenvalue weighted by atomic mass is 10.0. The molecule has 2 N–H and O–H groups in total. The maximum Gasteiger partial charge on any atom is 0.330 e. The van der Waals surface area contributed by atoms with Crippen LogP contribution in [0.5, 0.6) is 0 Å². The topological polar surface area (TPSA) is 165 Å². The molecule has 0 spiro atoms. The fourth-order valence-corrected chi connectivity index (χ4v) is 2.67. The van der Waals surface area contributed by atoms with Crippen molar-refractivity contribution in [1.29, 1.82) is 0 Å². The summed E-state index contributed by atoms with van der Waals surface area (Å²) in [5, 5.41) is 26.2. The molecule has 2 aromatic carbocycles. The molecular weight excluding hydrogens is 386 g/mol. The number of nitrogens with zero attached hydrogens (tertiary/aromatic N) is 3. The van der Waals surface area contributed by atoms with Gasteiger partial charge in [0.05, 0.1) is 15.5 Å². The van der Waals surface area contributed by atoms with Crippen molar-refractivity contribution >= 4 is 40.6 Å². The minimum absolute atomic E-state index is 0.0601. The van der Waals surface area contributed by atoms with Crippen LogP contribution in [0.15, 0.2) is 48.5 Å². The quantitative estimate of drug-likeness (QED) is 0.335. The molecule has 1 atom stereocenters. The number of nitrogens with one attached hydrogen (secondary N) is 2. The van der Waals surface area contributed by atoms with Gasteiger partial charge in [0.2, 0.25) is 0 Å². The molecule has 12 nitrogen and oxygen atoms in total. The Kier molecular flexibility index (Phi) is 4.68. The Hall–Kier alpha value is -4.35. The Morgan fingerprint density at radius 1 is 0.966 bits per heavy atom. The summed E-state index contributed by atoms with van der Waals surface area (Å²) in [5.41, 5.74) is -2.09. The van der Waals surface area contributed by atoms with Crippen molar-refractivity contribution < 1.29 is 24.2 Å². The molecule has 1 heterocycles. The number of hydrogen-bond donors (Lipinski definition) is 2. The molecule has 29 heavy (non-hydrogen) atoms. The van der Waals surface area contributed by atoms with Crippen LogP contribution in [0.25, 0.3) is 0 Å². The van der Waals surface area contributed by atoms with E-state index in [1.54, 1.807) is 0 Å². The number of rotatable bonds is 5. The first-order valence-electron chi connectivity index (χ1n) is 8.10. The average Bonchev–Trinajstić information content (AvgIpc) is 2.92. The van der Waals surface area contributed by atoms with Crippen molar-refractivity contribution in [3.05, 3.63) is 68.8 Å². The second kappa shape index (κ2) is 6.99. The summed E-state index contributed by atoms with van der Waals surface area (Å²) in [7, 11) is 0. The first-order chi connectivity index (χ1) is 13.6. The number of carbonyl (C=O) groups excluding carboxylic acids is 3. The summed E-state index contributed by atoms with van der Waals surface area (Å²) in [6.07, 6.45) is 0. The van der Waals surface area contributed by atoms with Gasteiger partial charge in [0.25, 0.3) is 23.2 Å². The predicted octanol–water partition coefficient (Wildman–Crippen LogP) is 1.96. The van der Waals surface area contributed by atoms with Crippen molar-refractivity contribution in [2.45, 2.75) is 12.5 Å². The van der Waals surface area contributed by atoms with Crippen LogP contribution in [-0.2, 0) is 9.59 Å². The highest BCUT2D eigenvalue weighted by atomic mass is 16.6. The Morgan fingerprint density at radius 2 is 1.45 bits per heavy atom. The van der Waals surface area contributed by atoms with Gasteiger partial charge in [0.1, 0.15) is 0 Å². The van der Waals surface area contributed by atoms with Gasteiger partial charge in [0.15, 0.2) is 5.54 Å². The molecule has 1 unspecified atom stereocenters. The van der Waals surface area contributed by atoms with Crippen molar-refractivity contribution in [2.75, 3.05) is 10.2 Å². The molecule has 1 saturated heterocycles. The highest BCUT2D eigenvalue weighted by Gasteiger charge is 2.53. The lowest BCUT2D eigenvalue weighted by Crippen LogP contribution is -2.54. The van der Waals surface area contributed by atoms with Crippen molar-refractivity contribution in [3.8, 4) is 0 Å². The molecule has 0 radical (unpaired) electrons. The highest BCUT2D eigenvalue weighted by Crippen LogP contribution is 2.27. The zero-order chi connectivity index (χ0) is 21.3. The molecule has 0 aliphatic carbocycles. The zero-order valence-electron chi connectivity index (χ0n) is 14.8. The number of urea groups is 1. The van der Waals surface area contributed by atoms with Gasteiger partial charge in [-0.1, -0.05) is 0 Å². The van der Waals surface area contributed by atoms with Crippen LogP contribution in [0.2, 0.25) is 0 Å². The monoisotopic (exact) mass is 399 g/mol. The summed E-state index contributed by atoms with van der Waals surface area (Å²) in [5.74, 6) is -1.73. The van der Waals surface area contributed by atoms with Crippen LogP contribution < -0.4 is 15.5 Å². The summed E-state index contributed by atoms with van der Waals surface area (Å²) in [6.45, 7) is 1.21. The van der Waals surface area contributed by atoms with Gasteiger partial charge >= 0.3 is 6.03 Å². The molecule has 4 amide bonds. The minimum Gasteiger partial charge on any atom is -0.324 e. The van der Waals surface area contributed by atoms with Gasteiger partial charge in [-0.25, -0.2) is 9.69 Å². The van der Waals surface area contributed by atoms with Crippen LogP contribution >= 0.6 is 0 Å². The second-order valence-electron chi connectivity index (χ2n) is 6.23. The van der Waals surface area contributed by atoms with Crippen LogP contribution in [-0.4, -0.2) is 33.2 Å². The van der Waals surface area contributed by atoms with E-state index in [2.05, 4.69) is 10.6 Å². The predicted molar refractivity (Wildman–Crippen MR) is 99.2 cm³/mol. The summed E-state index contributed by atoms with van der Waals surface area (Å²) >= 11 is 0. The number of amides is 4. The number of hydrogen-bond acceptors (Lipinski definition) is 7. The normalized spacial score (nSPS) is 18.3. The molecule has 0 bridgehead atoms. The molecule has 12 heteroatoms. The van der Waals surface area contributed by atoms with E-state index in [0.717, 1.165) is 12.1 Å². The molecular formula is C17H13N5O7. The standard InChI is InChI=1S/C17H13N5O7/c1-17(14(23)18-10-2-4-12(5-3-10)21(26)27)15(24)20(16(25)19-17)11-6-8-13(9-7-11)22(28)29/h2-9H,1H3,(H,18,23)(H,19,25). The van der Waals surface area contributed by atoms with Crippen molar-refractivity contribution in [1.82, 2.24) is 5.32 Å². The van der Waals surface area contributed by atoms with Crippen molar-refractivity contribution in [3.63, 3.8) is 0 Å². The number of nitro benzene ring substituents is 2. The van der Waals surface area contributed by atoms with Crippen LogP contribution in [0, 0.1) is 20.2 Å². The van der Waals surface area contributed by atoms with E-state index in [1.165, 1.54) is 43.3 Å². The highest BCUT2D eigenvalue weighted by molar-refractivity contribution is 6.32. The van der Waals surface area contributed by atoms with E-state index in [0.29, 0.717) is 4.90 Å². The molecule has 2 aromatic rings. The number of carbonyl (C=O) groups is 3. The van der Waals surface area contributed by atoms with Gasteiger partial charge in [0, 0.05) is 30.0 Å². The molecule has 0 aromatic heterocycles. The van der Waals surface area contributed by atoms with E-state index in [-0.39, 0.29) is 22.7 Å². The van der Waals surface area contributed by atoms with Gasteiger partial charge in [-0.2, -0.15) is 0 Å². The Balaban J connectivity index is 1.81. The molecule has 1 aliphatic rings. The largest absolute Gasteiger partial charge is 0.330 e. The van der Waals surface area contributed by atoms with E-state index in [9.17, 15) is 34.6 Å². The lowest BCUT2D eigenvalue weighted by Gasteiger charge is -2.20. The smallest absolute Gasteiger partial charge is 0.324 e. The third-order valence-electron chi connectivity index (χ3n) is 4.30. The zero-order valence-corrected chi connectivity index (χ0v) is 14.8. The van der Waals surface area contributed by atoms with Crippen LogP contribution in [0.1, 0.15) is 6.92 Å². The van der Waals surface area contributed by atoms with Crippen LogP contribution in [0.4, 0.5) is 27.5 Å². The number of imide groups is 1. The fraction of sp³-hybridized carbons (Fsp3) is 0.118. The maximum absolute atomic E-state index is 12.8. The summed E-state index contributed by atoms with van der Waals surface area (Å²) in [6, 6.07) is 8.75. The molecule has 3 rings (SSSR count).